The van der Waals surface area contributed by atoms with Crippen molar-refractivity contribution in [2.24, 2.45) is 11.8 Å². The third kappa shape index (κ3) is 13.1. The van der Waals surface area contributed by atoms with Crippen LogP contribution in [0.15, 0.2) is 24.3 Å². The highest BCUT2D eigenvalue weighted by Crippen LogP contribution is 2.05. The first-order valence-corrected chi connectivity index (χ1v) is 7.05. The van der Waals surface area contributed by atoms with E-state index in [1.807, 2.05) is 13.8 Å². The predicted octanol–water partition coefficient (Wildman–Crippen LogP) is 1.46. The summed E-state index contributed by atoms with van der Waals surface area (Å²) in [6.07, 6.45) is 7.24. The minimum atomic E-state index is -0.782. The molecule has 0 heterocycles. The van der Waals surface area contributed by atoms with E-state index in [9.17, 15) is 15.0 Å². The van der Waals surface area contributed by atoms with E-state index >= 15 is 0 Å². The minimum Gasteiger partial charge on any atom is -0.389 e. The summed E-state index contributed by atoms with van der Waals surface area (Å²) in [5, 5.41) is 19.1. The third-order valence-electron chi connectivity index (χ3n) is 2.58. The Morgan fingerprint density at radius 3 is 2.67 bits per heavy atom. The van der Waals surface area contributed by atoms with Crippen LogP contribution in [0.2, 0.25) is 0 Å². The van der Waals surface area contributed by atoms with Crippen LogP contribution >= 0.6 is 0 Å². The second kappa shape index (κ2) is 12.2. The first kappa shape index (κ1) is 19.4. The van der Waals surface area contributed by atoms with Gasteiger partial charge >= 0.3 is 5.97 Å². The monoisotopic (exact) mass is 295 g/mol. The minimum absolute atomic E-state index is 0.168. The van der Waals surface area contributed by atoms with Crippen molar-refractivity contribution in [3.05, 3.63) is 24.3 Å². The lowest BCUT2D eigenvalue weighted by Gasteiger charge is -2.06. The van der Waals surface area contributed by atoms with Crippen molar-refractivity contribution in [2.45, 2.75) is 51.7 Å². The topological polar surface area (TPSA) is 92.8 Å². The van der Waals surface area contributed by atoms with Crippen LogP contribution in [-0.4, -0.2) is 28.4 Å². The Bertz CT molecular complexity index is 404. The number of rotatable bonds is 8. The van der Waals surface area contributed by atoms with Crippen molar-refractivity contribution in [2.75, 3.05) is 0 Å². The van der Waals surface area contributed by atoms with Gasteiger partial charge in [-0.25, -0.2) is 0 Å². The fourth-order valence-corrected chi connectivity index (χ4v) is 1.57. The molecule has 0 aliphatic heterocycles. The Morgan fingerprint density at radius 2 is 2.05 bits per heavy atom. The van der Waals surface area contributed by atoms with E-state index in [-0.39, 0.29) is 6.42 Å². The molecular formula is C16H25NO4. The average molecular weight is 295 g/mol. The van der Waals surface area contributed by atoms with Crippen LogP contribution in [0.5, 0.6) is 0 Å². The highest BCUT2D eigenvalue weighted by molar-refractivity contribution is 5.68. The molecule has 2 atom stereocenters. The largest absolute Gasteiger partial charge is 0.389 e. The molecule has 0 rings (SSSR count). The van der Waals surface area contributed by atoms with Crippen LogP contribution in [0.3, 0.4) is 0 Å². The SMILES string of the molecule is CC(C)C[C@@H](O)/C=C/C=C/C#C[C@@H](O)CCCC(=O)ON. The van der Waals surface area contributed by atoms with Crippen LogP contribution in [0.4, 0.5) is 0 Å². The highest BCUT2D eigenvalue weighted by atomic mass is 16.7. The molecule has 0 amide bonds. The van der Waals surface area contributed by atoms with Gasteiger partial charge in [0.2, 0.25) is 0 Å². The average Bonchev–Trinajstić information content (AvgIpc) is 2.41. The molecule has 0 spiro atoms. The van der Waals surface area contributed by atoms with Crippen LogP contribution in [-0.2, 0) is 9.63 Å². The first-order valence-electron chi connectivity index (χ1n) is 7.05. The Balaban J connectivity index is 3.91. The summed E-state index contributed by atoms with van der Waals surface area (Å²) >= 11 is 0. The van der Waals surface area contributed by atoms with Gasteiger partial charge < -0.3 is 15.1 Å². The zero-order valence-corrected chi connectivity index (χ0v) is 12.7. The second-order valence-corrected chi connectivity index (χ2v) is 5.13. The van der Waals surface area contributed by atoms with Gasteiger partial charge in [0.25, 0.3) is 0 Å². The molecule has 21 heavy (non-hydrogen) atoms. The Morgan fingerprint density at radius 1 is 1.33 bits per heavy atom. The summed E-state index contributed by atoms with van der Waals surface area (Å²) in [7, 11) is 0. The normalized spacial score (nSPS) is 14.2. The standard InChI is InChI=1S/C16H25NO4/c1-13(2)12-15(19)9-6-4-3-5-8-14(18)10-7-11-16(20)21-17/h3-4,6,9,13-15,18-19H,7,10-12,17H2,1-2H3/b4-3+,9-6+/t14-,15+/m1/s1. The molecule has 118 valence electrons. The summed E-state index contributed by atoms with van der Waals surface area (Å²) in [5.41, 5.74) is 0. The van der Waals surface area contributed by atoms with Crippen molar-refractivity contribution >= 4 is 5.97 Å². The lowest BCUT2D eigenvalue weighted by molar-refractivity contribution is -0.144. The van der Waals surface area contributed by atoms with E-state index in [0.29, 0.717) is 18.8 Å². The predicted molar refractivity (Wildman–Crippen MR) is 81.7 cm³/mol. The zero-order valence-electron chi connectivity index (χ0n) is 12.7. The van der Waals surface area contributed by atoms with Gasteiger partial charge in [-0.2, -0.15) is 5.90 Å². The van der Waals surface area contributed by atoms with E-state index in [1.165, 1.54) is 0 Å². The molecule has 0 aliphatic rings. The Hall–Kier alpha value is -1.61. The molecule has 0 radical (unpaired) electrons. The van der Waals surface area contributed by atoms with Gasteiger partial charge in [-0.05, 0) is 31.3 Å². The molecule has 0 aromatic carbocycles. The van der Waals surface area contributed by atoms with Gasteiger partial charge in [0.05, 0.1) is 6.10 Å². The molecule has 0 saturated heterocycles. The number of aliphatic hydroxyl groups is 2. The van der Waals surface area contributed by atoms with Gasteiger partial charge in [0, 0.05) is 6.42 Å². The van der Waals surface area contributed by atoms with Gasteiger partial charge in [0.1, 0.15) is 6.10 Å². The van der Waals surface area contributed by atoms with Crippen molar-refractivity contribution in [1.82, 2.24) is 0 Å². The van der Waals surface area contributed by atoms with Crippen molar-refractivity contribution in [1.29, 1.82) is 0 Å². The summed E-state index contributed by atoms with van der Waals surface area (Å²) < 4.78 is 0. The zero-order chi connectivity index (χ0) is 16.1. The number of hydrogen-bond acceptors (Lipinski definition) is 5. The smallest absolute Gasteiger partial charge is 0.324 e. The van der Waals surface area contributed by atoms with Crippen molar-refractivity contribution in [3.8, 4) is 11.8 Å². The fourth-order valence-electron chi connectivity index (χ4n) is 1.57. The number of nitrogens with two attached hydrogens (primary N) is 1. The Kier molecular flexibility index (Phi) is 11.2. The van der Waals surface area contributed by atoms with Crippen LogP contribution in [0.25, 0.3) is 0 Å². The Labute approximate surface area is 126 Å². The molecule has 0 aromatic heterocycles. The number of aliphatic hydroxyl groups excluding tert-OH is 2. The van der Waals surface area contributed by atoms with E-state index < -0.39 is 18.2 Å². The highest BCUT2D eigenvalue weighted by Gasteiger charge is 2.03. The number of hydrogen-bond donors (Lipinski definition) is 3. The van der Waals surface area contributed by atoms with E-state index in [2.05, 4.69) is 22.6 Å². The molecular weight excluding hydrogens is 270 g/mol. The molecule has 0 aromatic rings. The first-order chi connectivity index (χ1) is 9.95. The molecule has 5 nitrogen and oxygen atoms in total. The van der Waals surface area contributed by atoms with E-state index in [4.69, 9.17) is 0 Å². The van der Waals surface area contributed by atoms with Crippen LogP contribution < -0.4 is 5.90 Å². The van der Waals surface area contributed by atoms with Gasteiger partial charge in [-0.15, -0.1) is 0 Å². The van der Waals surface area contributed by atoms with Crippen molar-refractivity contribution < 1.29 is 19.8 Å². The summed E-state index contributed by atoms with van der Waals surface area (Å²) in [5.74, 6) is 9.97. The summed E-state index contributed by atoms with van der Waals surface area (Å²) in [6, 6.07) is 0. The molecule has 0 unspecified atom stereocenters. The maximum atomic E-state index is 10.7. The number of carbonyl (C=O) groups excluding carboxylic acids is 1. The molecule has 0 bridgehead atoms. The lowest BCUT2D eigenvalue weighted by Crippen LogP contribution is -2.11. The number of allylic oxidation sites excluding steroid dienone is 3. The van der Waals surface area contributed by atoms with Crippen LogP contribution in [0, 0.1) is 17.8 Å². The van der Waals surface area contributed by atoms with Crippen molar-refractivity contribution in [3.63, 3.8) is 0 Å². The lowest BCUT2D eigenvalue weighted by atomic mass is 10.1. The summed E-state index contributed by atoms with van der Waals surface area (Å²) in [4.78, 5) is 14.7. The van der Waals surface area contributed by atoms with Gasteiger partial charge in [-0.3, -0.25) is 4.79 Å². The second-order valence-electron chi connectivity index (χ2n) is 5.13. The maximum absolute atomic E-state index is 10.7. The maximum Gasteiger partial charge on any atom is 0.324 e. The van der Waals surface area contributed by atoms with E-state index in [0.717, 1.165) is 6.42 Å². The molecule has 4 N–H and O–H groups in total. The fraction of sp³-hybridized carbons (Fsp3) is 0.562. The molecule has 0 saturated carbocycles. The quantitative estimate of drug-likeness (QED) is 0.358. The summed E-state index contributed by atoms with van der Waals surface area (Å²) in [6.45, 7) is 4.10. The van der Waals surface area contributed by atoms with Gasteiger partial charge in [-0.1, -0.05) is 43.9 Å². The molecule has 0 fully saturated rings. The van der Waals surface area contributed by atoms with Crippen LogP contribution in [0.1, 0.15) is 39.5 Å². The molecule has 0 aliphatic carbocycles. The van der Waals surface area contributed by atoms with Gasteiger partial charge in [0.15, 0.2) is 0 Å². The van der Waals surface area contributed by atoms with E-state index in [1.54, 1.807) is 24.3 Å². The molecule has 5 heteroatoms. The number of carbonyl (C=O) groups is 1. The third-order valence-corrected chi connectivity index (χ3v) is 2.58.